The molecule has 1 rings (SSSR count). The molecule has 9 nitrogen and oxygen atoms in total. The van der Waals surface area contributed by atoms with Gasteiger partial charge in [-0.2, -0.15) is 0 Å². The first kappa shape index (κ1) is 32.7. The number of carboxylic acid groups (broad SMARTS) is 1. The van der Waals surface area contributed by atoms with Gasteiger partial charge in [-0.1, -0.05) is 13.3 Å². The lowest BCUT2D eigenvalue weighted by Crippen LogP contribution is -2.45. The molecule has 0 spiro atoms. The predicted octanol–water partition coefficient (Wildman–Crippen LogP) is 3.55. The smallest absolute Gasteiger partial charge is 0.306 e. The molecule has 2 amide bonds. The number of carbonyl (C=O) groups excluding carboxylic acids is 2. The highest BCUT2D eigenvalue weighted by Gasteiger charge is 2.22. The SMILES string of the molecule is CCC(Cc1c(I)cc(I)c(NC(=O)CCCCCN(NCCNCCN)C(C)=O)c1I)C(=O)O. The van der Waals surface area contributed by atoms with Gasteiger partial charge in [0.1, 0.15) is 0 Å². The fourth-order valence-electron chi connectivity index (χ4n) is 3.37. The van der Waals surface area contributed by atoms with Crippen molar-refractivity contribution in [1.29, 1.82) is 0 Å². The number of nitrogens with zero attached hydrogens (tertiary/aromatic N) is 1. The molecule has 0 saturated heterocycles. The number of amides is 2. The Labute approximate surface area is 248 Å². The highest BCUT2D eigenvalue weighted by atomic mass is 127. The molecule has 0 aromatic heterocycles. The van der Waals surface area contributed by atoms with Gasteiger partial charge in [-0.15, -0.1) is 0 Å². The number of hydrogen-bond donors (Lipinski definition) is 5. The third-order valence-electron chi connectivity index (χ3n) is 5.41. The minimum Gasteiger partial charge on any atom is -0.481 e. The Balaban J connectivity index is 2.56. The molecule has 1 unspecified atom stereocenters. The van der Waals surface area contributed by atoms with Gasteiger partial charge in [0.25, 0.3) is 0 Å². The highest BCUT2D eigenvalue weighted by molar-refractivity contribution is 14.1. The van der Waals surface area contributed by atoms with Gasteiger partial charge in [0, 0.05) is 56.8 Å². The number of benzene rings is 1. The van der Waals surface area contributed by atoms with E-state index in [1.807, 2.05) is 13.0 Å². The molecule has 0 bridgehead atoms. The van der Waals surface area contributed by atoms with E-state index in [1.165, 1.54) is 6.92 Å². The van der Waals surface area contributed by atoms with Gasteiger partial charge < -0.3 is 21.5 Å². The number of hydrogen-bond acceptors (Lipinski definition) is 6. The summed E-state index contributed by atoms with van der Waals surface area (Å²) in [5.74, 6) is -1.35. The summed E-state index contributed by atoms with van der Waals surface area (Å²) in [6, 6.07) is 1.98. The second kappa shape index (κ2) is 18.0. The minimum absolute atomic E-state index is 0.0338. The minimum atomic E-state index is -0.801. The lowest BCUT2D eigenvalue weighted by atomic mass is 9.97. The maximum absolute atomic E-state index is 12.6. The van der Waals surface area contributed by atoms with Gasteiger partial charge in [0.15, 0.2) is 0 Å². The molecule has 1 atom stereocenters. The zero-order chi connectivity index (χ0) is 26.4. The van der Waals surface area contributed by atoms with Gasteiger partial charge >= 0.3 is 5.97 Å². The normalized spacial score (nSPS) is 11.8. The quantitative estimate of drug-likeness (QED) is 0.0922. The van der Waals surface area contributed by atoms with Gasteiger partial charge in [-0.3, -0.25) is 19.4 Å². The first-order valence-electron chi connectivity index (χ1n) is 11.7. The van der Waals surface area contributed by atoms with Gasteiger partial charge in [-0.25, -0.2) is 5.43 Å². The summed E-state index contributed by atoms with van der Waals surface area (Å²) >= 11 is 6.65. The van der Waals surface area contributed by atoms with Crippen LogP contribution in [0.5, 0.6) is 0 Å². The van der Waals surface area contributed by atoms with Crippen LogP contribution in [0.15, 0.2) is 6.07 Å². The molecular weight excluding hydrogens is 791 g/mol. The lowest BCUT2D eigenvalue weighted by molar-refractivity contribution is -0.141. The zero-order valence-electron chi connectivity index (χ0n) is 20.3. The molecule has 0 fully saturated rings. The summed E-state index contributed by atoms with van der Waals surface area (Å²) in [7, 11) is 0. The molecule has 1 aromatic carbocycles. The topological polar surface area (TPSA) is 137 Å². The molecule has 35 heavy (non-hydrogen) atoms. The first-order chi connectivity index (χ1) is 16.6. The Morgan fingerprint density at radius 2 is 1.80 bits per heavy atom. The molecule has 0 aliphatic rings. The third kappa shape index (κ3) is 12.2. The van der Waals surface area contributed by atoms with Crippen molar-refractivity contribution in [3.63, 3.8) is 0 Å². The number of carboxylic acids is 1. The highest BCUT2D eigenvalue weighted by Crippen LogP contribution is 2.33. The van der Waals surface area contributed by atoms with Crippen molar-refractivity contribution in [2.45, 2.75) is 52.4 Å². The van der Waals surface area contributed by atoms with E-state index >= 15 is 0 Å². The van der Waals surface area contributed by atoms with E-state index in [9.17, 15) is 19.5 Å². The number of unbranched alkanes of at least 4 members (excludes halogenated alkanes) is 2. The Hall–Kier alpha value is -0.300. The van der Waals surface area contributed by atoms with E-state index in [-0.39, 0.29) is 11.8 Å². The van der Waals surface area contributed by atoms with Crippen LogP contribution < -0.4 is 21.8 Å². The van der Waals surface area contributed by atoms with Crippen LogP contribution in [-0.2, 0) is 20.8 Å². The van der Waals surface area contributed by atoms with Crippen LogP contribution in [0.3, 0.4) is 0 Å². The number of anilines is 1. The fraction of sp³-hybridized carbons (Fsp3) is 0.609. The van der Waals surface area contributed by atoms with E-state index in [0.29, 0.717) is 38.9 Å². The van der Waals surface area contributed by atoms with E-state index in [2.05, 4.69) is 83.8 Å². The van der Waals surface area contributed by atoms with E-state index in [0.717, 1.165) is 54.3 Å². The monoisotopic (exact) mass is 827 g/mol. The standard InChI is InChI=1S/C23H36I3N5O4/c1-3-16(23(34)35)13-17-18(24)14-19(25)22(21(17)26)30-20(33)7-5-4-6-12-31(15(2)32)29-11-10-28-9-8-27/h14,16,28-29H,3-13,27H2,1-2H3,(H,30,33)(H,34,35). The molecular formula is C23H36I3N5O4. The molecule has 0 saturated carbocycles. The molecule has 1 aromatic rings. The molecule has 0 heterocycles. The number of halogens is 3. The van der Waals surface area contributed by atoms with Crippen molar-refractivity contribution in [3.8, 4) is 0 Å². The average molecular weight is 827 g/mol. The van der Waals surface area contributed by atoms with Crippen LogP contribution in [0.4, 0.5) is 5.69 Å². The summed E-state index contributed by atoms with van der Waals surface area (Å²) in [4.78, 5) is 35.9. The number of carbonyl (C=O) groups is 3. The first-order valence-corrected chi connectivity index (χ1v) is 15.0. The largest absolute Gasteiger partial charge is 0.481 e. The molecule has 198 valence electrons. The van der Waals surface area contributed by atoms with Crippen LogP contribution in [0.1, 0.15) is 51.5 Å². The lowest BCUT2D eigenvalue weighted by Gasteiger charge is -2.22. The van der Waals surface area contributed by atoms with E-state index in [1.54, 1.807) is 5.01 Å². The fourth-order valence-corrected chi connectivity index (χ4v) is 7.46. The Morgan fingerprint density at radius 1 is 1.09 bits per heavy atom. The molecule has 6 N–H and O–H groups in total. The maximum atomic E-state index is 12.6. The Kier molecular flexibility index (Phi) is 16.9. The molecule has 0 aliphatic carbocycles. The van der Waals surface area contributed by atoms with Crippen molar-refractivity contribution in [2.24, 2.45) is 11.7 Å². The van der Waals surface area contributed by atoms with Gasteiger partial charge in [0.2, 0.25) is 11.8 Å². The maximum Gasteiger partial charge on any atom is 0.306 e. The number of aliphatic carboxylic acids is 1. The average Bonchev–Trinajstić information content (AvgIpc) is 2.79. The number of rotatable bonds is 17. The predicted molar refractivity (Wildman–Crippen MR) is 164 cm³/mol. The molecule has 12 heteroatoms. The van der Waals surface area contributed by atoms with Crippen molar-refractivity contribution in [3.05, 3.63) is 22.3 Å². The van der Waals surface area contributed by atoms with Crippen LogP contribution in [0.25, 0.3) is 0 Å². The van der Waals surface area contributed by atoms with Gasteiger partial charge in [0.05, 0.1) is 11.6 Å². The van der Waals surface area contributed by atoms with Crippen LogP contribution in [-0.4, -0.2) is 60.6 Å². The van der Waals surface area contributed by atoms with Gasteiger partial charge in [-0.05, 0) is 105 Å². The summed E-state index contributed by atoms with van der Waals surface area (Å²) < 4.78 is 2.84. The number of nitrogens with two attached hydrogens (primary N) is 1. The Bertz CT molecular complexity index is 857. The summed E-state index contributed by atoms with van der Waals surface area (Å²) in [5, 5.41) is 17.3. The summed E-state index contributed by atoms with van der Waals surface area (Å²) in [6.07, 6.45) is 3.72. The van der Waals surface area contributed by atoms with Crippen molar-refractivity contribution in [1.82, 2.24) is 15.8 Å². The second-order valence-corrected chi connectivity index (χ2v) is 11.5. The van der Waals surface area contributed by atoms with Crippen molar-refractivity contribution in [2.75, 3.05) is 38.0 Å². The zero-order valence-corrected chi connectivity index (χ0v) is 26.7. The van der Waals surface area contributed by atoms with Crippen molar-refractivity contribution >= 4 is 91.2 Å². The second-order valence-electron chi connectivity index (χ2n) is 8.13. The van der Waals surface area contributed by atoms with Crippen LogP contribution in [0, 0.1) is 16.6 Å². The van der Waals surface area contributed by atoms with Crippen LogP contribution in [0.2, 0.25) is 0 Å². The molecule has 0 radical (unpaired) electrons. The van der Waals surface area contributed by atoms with E-state index < -0.39 is 11.9 Å². The van der Waals surface area contributed by atoms with Crippen molar-refractivity contribution < 1.29 is 19.5 Å². The summed E-state index contributed by atoms with van der Waals surface area (Å²) in [6.45, 7) is 6.69. The number of hydrazine groups is 1. The summed E-state index contributed by atoms with van der Waals surface area (Å²) in [5.41, 5.74) is 10.3. The molecule has 0 aliphatic heterocycles. The van der Waals surface area contributed by atoms with E-state index in [4.69, 9.17) is 5.73 Å². The Morgan fingerprint density at radius 3 is 2.40 bits per heavy atom. The van der Waals surface area contributed by atoms with Crippen LogP contribution >= 0.6 is 67.8 Å². The number of nitrogens with one attached hydrogen (secondary N) is 3. The third-order valence-corrected chi connectivity index (χ3v) is 8.42.